The number of nitrogens with one attached hydrogen (secondary N) is 1. The molecule has 2 aromatic rings. The number of ether oxygens (including phenoxy) is 1. The molecule has 0 aromatic heterocycles. The summed E-state index contributed by atoms with van der Waals surface area (Å²) in [5, 5.41) is 2.58. The van der Waals surface area contributed by atoms with Crippen LogP contribution in [-0.2, 0) is 14.9 Å². The predicted molar refractivity (Wildman–Crippen MR) is 92.7 cm³/mol. The van der Waals surface area contributed by atoms with Crippen molar-refractivity contribution in [2.75, 3.05) is 18.2 Å². The Kier molecular flexibility index (Phi) is 4.63. The van der Waals surface area contributed by atoms with Gasteiger partial charge >= 0.3 is 5.97 Å². The standard InChI is InChI=1S/C19H18F2N2O3/c1-26-18(25)19(6-3-7-19)12-4-2-5-13(10-12)23-17(24)11-8-14(20)16(22)15(21)9-11/h2,4-5,8-10H,3,6-7,22H2,1H3,(H,23,24). The second-order valence-electron chi connectivity index (χ2n) is 6.32. The van der Waals surface area contributed by atoms with E-state index in [4.69, 9.17) is 10.5 Å². The number of amides is 1. The van der Waals surface area contributed by atoms with E-state index in [-0.39, 0.29) is 11.5 Å². The minimum Gasteiger partial charge on any atom is -0.468 e. The van der Waals surface area contributed by atoms with Crippen LogP contribution in [0, 0.1) is 11.6 Å². The van der Waals surface area contributed by atoms with E-state index in [1.54, 1.807) is 24.3 Å². The third-order valence-electron chi connectivity index (χ3n) is 4.80. The van der Waals surface area contributed by atoms with Gasteiger partial charge in [0.2, 0.25) is 0 Å². The number of halogens is 2. The predicted octanol–water partition coefficient (Wildman–Crippen LogP) is 3.39. The minimum absolute atomic E-state index is 0.189. The molecule has 0 heterocycles. The highest BCUT2D eigenvalue weighted by Crippen LogP contribution is 2.45. The first-order valence-electron chi connectivity index (χ1n) is 8.12. The van der Waals surface area contributed by atoms with Gasteiger partial charge in [-0.1, -0.05) is 18.6 Å². The normalized spacial score (nSPS) is 15.0. The van der Waals surface area contributed by atoms with Gasteiger partial charge in [0.15, 0.2) is 0 Å². The number of hydrogen-bond donors (Lipinski definition) is 2. The molecule has 136 valence electrons. The zero-order valence-corrected chi connectivity index (χ0v) is 14.1. The molecule has 0 radical (unpaired) electrons. The highest BCUT2D eigenvalue weighted by Gasteiger charge is 2.46. The lowest BCUT2D eigenvalue weighted by molar-refractivity contribution is -0.151. The highest BCUT2D eigenvalue weighted by atomic mass is 19.1. The molecule has 1 saturated carbocycles. The molecule has 2 aromatic carbocycles. The first-order valence-corrected chi connectivity index (χ1v) is 8.12. The van der Waals surface area contributed by atoms with Crippen molar-refractivity contribution >= 4 is 23.3 Å². The number of methoxy groups -OCH3 is 1. The van der Waals surface area contributed by atoms with E-state index in [1.807, 2.05) is 0 Å². The quantitative estimate of drug-likeness (QED) is 0.647. The third-order valence-corrected chi connectivity index (χ3v) is 4.80. The fourth-order valence-corrected chi connectivity index (χ4v) is 3.15. The van der Waals surface area contributed by atoms with Gasteiger partial charge < -0.3 is 15.8 Å². The molecule has 0 atom stereocenters. The molecular formula is C19H18F2N2O3. The van der Waals surface area contributed by atoms with Gasteiger partial charge in [0.25, 0.3) is 5.91 Å². The SMILES string of the molecule is COC(=O)C1(c2cccc(NC(=O)c3cc(F)c(N)c(F)c3)c2)CCC1. The van der Waals surface area contributed by atoms with Crippen LogP contribution in [0.1, 0.15) is 35.2 Å². The van der Waals surface area contributed by atoms with E-state index < -0.39 is 28.6 Å². The largest absolute Gasteiger partial charge is 0.468 e. The molecule has 1 amide bonds. The van der Waals surface area contributed by atoms with Gasteiger partial charge in [0, 0.05) is 11.3 Å². The zero-order valence-electron chi connectivity index (χ0n) is 14.1. The van der Waals surface area contributed by atoms with Crippen LogP contribution in [0.2, 0.25) is 0 Å². The summed E-state index contributed by atoms with van der Waals surface area (Å²) < 4.78 is 32.0. The zero-order chi connectivity index (χ0) is 18.9. The maximum absolute atomic E-state index is 13.5. The van der Waals surface area contributed by atoms with Crippen molar-refractivity contribution in [1.82, 2.24) is 0 Å². The Morgan fingerprint density at radius 2 is 1.81 bits per heavy atom. The van der Waals surface area contributed by atoms with Crippen molar-refractivity contribution in [3.63, 3.8) is 0 Å². The Bertz CT molecular complexity index is 856. The molecule has 0 spiro atoms. The fourth-order valence-electron chi connectivity index (χ4n) is 3.15. The van der Waals surface area contributed by atoms with E-state index in [9.17, 15) is 18.4 Å². The summed E-state index contributed by atoms with van der Waals surface area (Å²) >= 11 is 0. The number of carbonyl (C=O) groups is 2. The maximum atomic E-state index is 13.5. The van der Waals surface area contributed by atoms with Crippen LogP contribution in [0.15, 0.2) is 36.4 Å². The van der Waals surface area contributed by atoms with E-state index >= 15 is 0 Å². The molecule has 0 bridgehead atoms. The molecule has 3 rings (SSSR count). The molecule has 5 nitrogen and oxygen atoms in total. The lowest BCUT2D eigenvalue weighted by atomic mass is 9.64. The molecular weight excluding hydrogens is 342 g/mol. The number of anilines is 2. The molecule has 1 aliphatic carbocycles. The third kappa shape index (κ3) is 3.00. The lowest BCUT2D eigenvalue weighted by Gasteiger charge is -2.39. The van der Waals surface area contributed by atoms with Crippen molar-refractivity contribution in [3.05, 3.63) is 59.2 Å². The summed E-state index contributed by atoms with van der Waals surface area (Å²) in [7, 11) is 1.35. The van der Waals surface area contributed by atoms with Gasteiger partial charge in [-0.15, -0.1) is 0 Å². The molecule has 7 heteroatoms. The highest BCUT2D eigenvalue weighted by molar-refractivity contribution is 6.04. The first-order chi connectivity index (χ1) is 12.4. The molecule has 0 saturated heterocycles. The van der Waals surface area contributed by atoms with Crippen LogP contribution in [0.3, 0.4) is 0 Å². The average molecular weight is 360 g/mol. The van der Waals surface area contributed by atoms with E-state index in [0.717, 1.165) is 24.1 Å². The number of nitrogens with two attached hydrogens (primary N) is 1. The van der Waals surface area contributed by atoms with Gasteiger partial charge in [-0.2, -0.15) is 0 Å². The molecule has 3 N–H and O–H groups in total. The van der Waals surface area contributed by atoms with Crippen molar-refractivity contribution in [1.29, 1.82) is 0 Å². The lowest BCUT2D eigenvalue weighted by Crippen LogP contribution is -2.43. The van der Waals surface area contributed by atoms with Crippen LogP contribution >= 0.6 is 0 Å². The summed E-state index contributed by atoms with van der Waals surface area (Å²) in [5.74, 6) is -2.98. The van der Waals surface area contributed by atoms with E-state index in [0.29, 0.717) is 18.5 Å². The van der Waals surface area contributed by atoms with Crippen molar-refractivity contribution in [2.45, 2.75) is 24.7 Å². The van der Waals surface area contributed by atoms with E-state index in [1.165, 1.54) is 7.11 Å². The van der Waals surface area contributed by atoms with Crippen LogP contribution in [0.25, 0.3) is 0 Å². The number of carbonyl (C=O) groups excluding carboxylic acids is 2. The van der Waals surface area contributed by atoms with Gasteiger partial charge in [-0.3, -0.25) is 9.59 Å². The summed E-state index contributed by atoms with van der Waals surface area (Å²) in [6, 6.07) is 8.57. The molecule has 1 aliphatic rings. The van der Waals surface area contributed by atoms with Gasteiger partial charge in [0.1, 0.15) is 17.3 Å². The van der Waals surface area contributed by atoms with Gasteiger partial charge in [0.05, 0.1) is 12.5 Å². The van der Waals surface area contributed by atoms with Crippen LogP contribution < -0.4 is 11.1 Å². The number of benzene rings is 2. The smallest absolute Gasteiger partial charge is 0.316 e. The fraction of sp³-hybridized carbons (Fsp3) is 0.263. The Morgan fingerprint density at radius 3 is 2.35 bits per heavy atom. The van der Waals surface area contributed by atoms with Gasteiger partial charge in [-0.25, -0.2) is 8.78 Å². The van der Waals surface area contributed by atoms with Crippen LogP contribution in [-0.4, -0.2) is 19.0 Å². The Balaban J connectivity index is 1.85. The second kappa shape index (κ2) is 6.74. The molecule has 0 unspecified atom stereocenters. The first kappa shape index (κ1) is 17.8. The Labute approximate surface area is 149 Å². The maximum Gasteiger partial charge on any atom is 0.316 e. The van der Waals surface area contributed by atoms with Crippen molar-refractivity contribution in [3.8, 4) is 0 Å². The summed E-state index contributed by atoms with van der Waals surface area (Å²) in [6.45, 7) is 0. The average Bonchev–Trinajstić information content (AvgIpc) is 2.58. The minimum atomic E-state index is -0.997. The molecule has 0 aliphatic heterocycles. The number of rotatable bonds is 4. The Morgan fingerprint density at radius 1 is 1.15 bits per heavy atom. The number of hydrogen-bond acceptors (Lipinski definition) is 4. The summed E-state index contributed by atoms with van der Waals surface area (Å²) in [5.41, 5.74) is 4.85. The van der Waals surface area contributed by atoms with Crippen molar-refractivity contribution < 1.29 is 23.1 Å². The topological polar surface area (TPSA) is 81.4 Å². The summed E-state index contributed by atoms with van der Waals surface area (Å²) in [4.78, 5) is 24.5. The van der Waals surface area contributed by atoms with Crippen molar-refractivity contribution in [2.24, 2.45) is 0 Å². The van der Waals surface area contributed by atoms with Gasteiger partial charge in [-0.05, 0) is 42.7 Å². The number of nitrogen functional groups attached to an aromatic ring is 1. The molecule has 1 fully saturated rings. The Hall–Kier alpha value is -2.96. The second-order valence-corrected chi connectivity index (χ2v) is 6.32. The van der Waals surface area contributed by atoms with E-state index in [2.05, 4.69) is 5.32 Å². The molecule has 26 heavy (non-hydrogen) atoms. The summed E-state index contributed by atoms with van der Waals surface area (Å²) in [6.07, 6.45) is 2.26. The monoisotopic (exact) mass is 360 g/mol. The number of esters is 1. The van der Waals surface area contributed by atoms with Crippen LogP contribution in [0.5, 0.6) is 0 Å². The van der Waals surface area contributed by atoms with Crippen LogP contribution in [0.4, 0.5) is 20.2 Å².